The Balaban J connectivity index is 4.36. The van der Waals surface area contributed by atoms with E-state index in [1.165, 1.54) is 186 Å². The van der Waals surface area contributed by atoms with Crippen LogP contribution in [0.5, 0.6) is 0 Å². The predicted molar refractivity (Wildman–Crippen MR) is 302 cm³/mol. The third kappa shape index (κ3) is 56.0. The third-order valence-corrected chi connectivity index (χ3v) is 13.2. The van der Waals surface area contributed by atoms with Crippen molar-refractivity contribution in [2.24, 2.45) is 0 Å². The molecule has 1 unspecified atom stereocenters. The van der Waals surface area contributed by atoms with Gasteiger partial charge in [0.1, 0.15) is 13.2 Å². The molecule has 0 aliphatic heterocycles. The van der Waals surface area contributed by atoms with E-state index in [4.69, 9.17) is 14.2 Å². The molecule has 1 atom stereocenters. The van der Waals surface area contributed by atoms with Gasteiger partial charge in [-0.05, 0) is 109 Å². The molecule has 0 aliphatic carbocycles. The van der Waals surface area contributed by atoms with Crippen molar-refractivity contribution in [3.63, 3.8) is 0 Å². The Bertz CT molecular complexity index is 1260. The molecule has 406 valence electrons. The lowest BCUT2D eigenvalue weighted by molar-refractivity contribution is -0.167. The summed E-state index contributed by atoms with van der Waals surface area (Å²) in [5.41, 5.74) is 0. The largest absolute Gasteiger partial charge is 0.462 e. The highest BCUT2D eigenvalue weighted by atomic mass is 16.6. The first-order chi connectivity index (χ1) is 34.5. The molecular weight excluding hydrogens is 865 g/mol. The van der Waals surface area contributed by atoms with Gasteiger partial charge in [-0.25, -0.2) is 0 Å². The molecule has 70 heavy (non-hydrogen) atoms. The van der Waals surface area contributed by atoms with Gasteiger partial charge in [-0.2, -0.15) is 0 Å². The van der Waals surface area contributed by atoms with Crippen molar-refractivity contribution in [3.8, 4) is 0 Å². The van der Waals surface area contributed by atoms with Crippen LogP contribution in [0.3, 0.4) is 0 Å². The molecule has 6 nitrogen and oxygen atoms in total. The Morgan fingerprint density at radius 2 is 0.514 bits per heavy atom. The maximum atomic E-state index is 12.9. The van der Waals surface area contributed by atoms with Gasteiger partial charge in [-0.15, -0.1) is 0 Å². The van der Waals surface area contributed by atoms with E-state index in [1.807, 2.05) is 0 Å². The molecule has 0 bridgehead atoms. The summed E-state index contributed by atoms with van der Waals surface area (Å²) in [6.45, 7) is 6.61. The fraction of sp³-hybridized carbons (Fsp3) is 0.797. The zero-order valence-electron chi connectivity index (χ0n) is 46.5. The van der Waals surface area contributed by atoms with E-state index >= 15 is 0 Å². The number of rotatable bonds is 55. The number of carbonyl (C=O) groups is 3. The monoisotopic (exact) mass is 979 g/mol. The summed E-state index contributed by atoms with van der Waals surface area (Å²) >= 11 is 0. The third-order valence-electron chi connectivity index (χ3n) is 13.2. The normalized spacial score (nSPS) is 12.4. The topological polar surface area (TPSA) is 78.9 Å². The van der Waals surface area contributed by atoms with E-state index in [0.717, 1.165) is 83.5 Å². The molecule has 0 heterocycles. The summed E-state index contributed by atoms with van der Waals surface area (Å²) in [7, 11) is 0. The van der Waals surface area contributed by atoms with Crippen LogP contribution in [-0.4, -0.2) is 37.2 Å². The van der Waals surface area contributed by atoms with Crippen LogP contribution < -0.4 is 0 Å². The minimum Gasteiger partial charge on any atom is -0.462 e. The lowest BCUT2D eigenvalue weighted by Gasteiger charge is -2.18. The van der Waals surface area contributed by atoms with Gasteiger partial charge in [0, 0.05) is 19.3 Å². The first kappa shape index (κ1) is 67.1. The van der Waals surface area contributed by atoms with Crippen molar-refractivity contribution in [2.75, 3.05) is 13.2 Å². The van der Waals surface area contributed by atoms with E-state index in [9.17, 15) is 14.4 Å². The average molecular weight is 980 g/mol. The fourth-order valence-electron chi connectivity index (χ4n) is 8.62. The van der Waals surface area contributed by atoms with Gasteiger partial charge in [0.2, 0.25) is 0 Å². The van der Waals surface area contributed by atoms with Crippen molar-refractivity contribution in [1.82, 2.24) is 0 Å². The van der Waals surface area contributed by atoms with Crippen LogP contribution in [0.15, 0.2) is 60.8 Å². The lowest BCUT2D eigenvalue weighted by Crippen LogP contribution is -2.30. The number of hydrogen-bond acceptors (Lipinski definition) is 6. The van der Waals surface area contributed by atoms with Crippen molar-refractivity contribution in [2.45, 2.75) is 316 Å². The molecule has 0 radical (unpaired) electrons. The quantitative estimate of drug-likeness (QED) is 0.0261. The summed E-state index contributed by atoms with van der Waals surface area (Å²) in [6.07, 6.45) is 73.5. The summed E-state index contributed by atoms with van der Waals surface area (Å²) in [5, 5.41) is 0. The Labute approximate surface area is 434 Å². The van der Waals surface area contributed by atoms with Gasteiger partial charge >= 0.3 is 17.9 Å². The van der Waals surface area contributed by atoms with E-state index in [2.05, 4.69) is 81.5 Å². The molecule has 0 aromatic rings. The minimum atomic E-state index is -0.784. The number of ether oxygens (including phenoxy) is 3. The molecule has 0 aromatic carbocycles. The predicted octanol–water partition coefficient (Wildman–Crippen LogP) is 20.4. The number of hydrogen-bond donors (Lipinski definition) is 0. The molecule has 0 rings (SSSR count). The molecule has 0 aromatic heterocycles. The Morgan fingerprint density at radius 3 is 0.814 bits per heavy atom. The standard InChI is InChI=1S/C64H114O6/c1-4-7-10-13-16-19-22-25-27-29-31-32-33-35-36-39-42-45-48-51-54-57-63(66)69-60-61(59-68-62(65)56-53-50-47-44-41-38-24-21-18-15-12-9-6-3)70-64(67)58-55-52-49-46-43-40-37-34-30-28-26-23-20-17-14-11-8-5-2/h20-25,28-31,61H,4-19,26-27,32-60H2,1-3H3/b23-20-,24-21-,25-22-,30-28-,31-29-. The smallest absolute Gasteiger partial charge is 0.306 e. The highest BCUT2D eigenvalue weighted by Gasteiger charge is 2.19. The molecule has 0 saturated carbocycles. The average Bonchev–Trinajstić information content (AvgIpc) is 3.36. The van der Waals surface area contributed by atoms with E-state index in [-0.39, 0.29) is 31.1 Å². The van der Waals surface area contributed by atoms with Crippen LogP contribution >= 0.6 is 0 Å². The summed E-state index contributed by atoms with van der Waals surface area (Å²) in [6, 6.07) is 0. The summed E-state index contributed by atoms with van der Waals surface area (Å²) in [5.74, 6) is -0.889. The first-order valence-electron chi connectivity index (χ1n) is 30.3. The fourth-order valence-corrected chi connectivity index (χ4v) is 8.62. The highest BCUT2D eigenvalue weighted by Crippen LogP contribution is 2.15. The molecule has 0 saturated heterocycles. The maximum Gasteiger partial charge on any atom is 0.306 e. The lowest BCUT2D eigenvalue weighted by atomic mass is 10.1. The van der Waals surface area contributed by atoms with Crippen LogP contribution in [0.4, 0.5) is 0 Å². The zero-order chi connectivity index (χ0) is 50.7. The molecule has 0 N–H and O–H groups in total. The second-order valence-electron chi connectivity index (χ2n) is 20.2. The van der Waals surface area contributed by atoms with Crippen LogP contribution in [0, 0.1) is 0 Å². The molecule has 0 spiro atoms. The van der Waals surface area contributed by atoms with Crippen LogP contribution in [0.1, 0.15) is 310 Å². The first-order valence-corrected chi connectivity index (χ1v) is 30.3. The van der Waals surface area contributed by atoms with Crippen molar-refractivity contribution < 1.29 is 28.6 Å². The van der Waals surface area contributed by atoms with Gasteiger partial charge in [0.15, 0.2) is 6.10 Å². The molecule has 0 aliphatic rings. The second-order valence-corrected chi connectivity index (χ2v) is 20.2. The van der Waals surface area contributed by atoms with E-state index in [1.54, 1.807) is 0 Å². The minimum absolute atomic E-state index is 0.0812. The van der Waals surface area contributed by atoms with Gasteiger partial charge in [0.25, 0.3) is 0 Å². The van der Waals surface area contributed by atoms with Crippen molar-refractivity contribution in [3.05, 3.63) is 60.8 Å². The van der Waals surface area contributed by atoms with Gasteiger partial charge in [-0.1, -0.05) is 242 Å². The molecule has 0 amide bonds. The maximum absolute atomic E-state index is 12.9. The van der Waals surface area contributed by atoms with Crippen LogP contribution in [0.25, 0.3) is 0 Å². The second kappa shape index (κ2) is 58.7. The highest BCUT2D eigenvalue weighted by molar-refractivity contribution is 5.71. The Kier molecular flexibility index (Phi) is 56.3. The van der Waals surface area contributed by atoms with Gasteiger partial charge in [0.05, 0.1) is 0 Å². The summed E-state index contributed by atoms with van der Waals surface area (Å²) < 4.78 is 16.9. The zero-order valence-corrected chi connectivity index (χ0v) is 46.5. The number of carbonyl (C=O) groups excluding carboxylic acids is 3. The SMILES string of the molecule is CCCCCC/C=C\C/C=C\CCCCCCCCCC(=O)OC(COC(=O)CCCCCCC/C=C\CCCCCC)COC(=O)CCCCCCCCCCC/C=C\C/C=C\CCCCCCC. The van der Waals surface area contributed by atoms with E-state index < -0.39 is 6.10 Å². The van der Waals surface area contributed by atoms with Crippen LogP contribution in [-0.2, 0) is 28.6 Å². The Morgan fingerprint density at radius 1 is 0.286 bits per heavy atom. The molecule has 0 fully saturated rings. The molecule has 6 heteroatoms. The summed E-state index contributed by atoms with van der Waals surface area (Å²) in [4.78, 5) is 38.2. The number of esters is 3. The Hall–Kier alpha value is -2.89. The number of allylic oxidation sites excluding steroid dienone is 10. The van der Waals surface area contributed by atoms with Crippen molar-refractivity contribution >= 4 is 17.9 Å². The molecular formula is C64H114O6. The van der Waals surface area contributed by atoms with Gasteiger partial charge < -0.3 is 14.2 Å². The van der Waals surface area contributed by atoms with Crippen LogP contribution in [0.2, 0.25) is 0 Å². The van der Waals surface area contributed by atoms with E-state index in [0.29, 0.717) is 19.3 Å². The van der Waals surface area contributed by atoms with Crippen molar-refractivity contribution in [1.29, 1.82) is 0 Å². The number of unbranched alkanes of at least 4 members (excludes halogenated alkanes) is 34. The van der Waals surface area contributed by atoms with Gasteiger partial charge in [-0.3, -0.25) is 14.4 Å².